The van der Waals surface area contributed by atoms with Gasteiger partial charge in [0.15, 0.2) is 11.6 Å². The zero-order valence-electron chi connectivity index (χ0n) is 8.94. The fraction of sp³-hybridized carbons (Fsp3) is 0.0909. The summed E-state index contributed by atoms with van der Waals surface area (Å²) in [5.41, 5.74) is 1.17. The maximum atomic E-state index is 13.5. The highest BCUT2D eigenvalue weighted by Gasteiger charge is 2.12. The second-order valence-corrected chi connectivity index (χ2v) is 3.35. The fourth-order valence-electron chi connectivity index (χ4n) is 1.66. The molecule has 0 bridgehead atoms. The molecule has 17 heavy (non-hydrogen) atoms. The molecule has 6 heteroatoms. The first-order chi connectivity index (χ1) is 8.13. The SMILES string of the molecule is COc1c(F)ccc2[nH]cc(/C=C/[N+](=O)[O-])c12. The van der Waals surface area contributed by atoms with Crippen molar-refractivity contribution < 1.29 is 14.1 Å². The molecule has 1 aromatic carbocycles. The van der Waals surface area contributed by atoms with Crippen molar-refractivity contribution in [3.05, 3.63) is 46.0 Å². The van der Waals surface area contributed by atoms with Crippen LogP contribution in [0.4, 0.5) is 4.39 Å². The van der Waals surface area contributed by atoms with Crippen LogP contribution in [0.2, 0.25) is 0 Å². The Balaban J connectivity index is 2.65. The fourth-order valence-corrected chi connectivity index (χ4v) is 1.66. The number of hydrogen-bond acceptors (Lipinski definition) is 3. The number of aromatic amines is 1. The summed E-state index contributed by atoms with van der Waals surface area (Å²) in [5.74, 6) is -0.429. The normalized spacial score (nSPS) is 11.2. The van der Waals surface area contributed by atoms with E-state index in [1.54, 1.807) is 12.3 Å². The molecule has 0 unspecified atom stereocenters. The average Bonchev–Trinajstić information content (AvgIpc) is 2.69. The predicted molar refractivity (Wildman–Crippen MR) is 60.8 cm³/mol. The van der Waals surface area contributed by atoms with Crippen molar-refractivity contribution in [3.63, 3.8) is 0 Å². The van der Waals surface area contributed by atoms with Crippen LogP contribution in [0.1, 0.15) is 5.56 Å². The maximum absolute atomic E-state index is 13.5. The highest BCUT2D eigenvalue weighted by Crippen LogP contribution is 2.31. The van der Waals surface area contributed by atoms with Crippen LogP contribution in [-0.4, -0.2) is 17.0 Å². The van der Waals surface area contributed by atoms with Crippen molar-refractivity contribution in [3.8, 4) is 5.75 Å². The third-order valence-corrected chi connectivity index (χ3v) is 2.36. The number of methoxy groups -OCH3 is 1. The summed E-state index contributed by atoms with van der Waals surface area (Å²) in [6.07, 6.45) is 3.65. The van der Waals surface area contributed by atoms with E-state index < -0.39 is 10.7 Å². The Hall–Kier alpha value is -2.37. The van der Waals surface area contributed by atoms with Gasteiger partial charge in [-0.1, -0.05) is 0 Å². The predicted octanol–water partition coefficient (Wildman–Crippen LogP) is 2.56. The monoisotopic (exact) mass is 236 g/mol. The molecule has 0 amide bonds. The van der Waals surface area contributed by atoms with E-state index in [4.69, 9.17) is 4.74 Å². The Morgan fingerprint density at radius 3 is 2.94 bits per heavy atom. The van der Waals surface area contributed by atoms with Crippen molar-refractivity contribution in [1.29, 1.82) is 0 Å². The van der Waals surface area contributed by atoms with Gasteiger partial charge in [-0.05, 0) is 12.1 Å². The van der Waals surface area contributed by atoms with Gasteiger partial charge in [-0.2, -0.15) is 0 Å². The largest absolute Gasteiger partial charge is 0.493 e. The highest BCUT2D eigenvalue weighted by atomic mass is 19.1. The molecule has 88 valence electrons. The Morgan fingerprint density at radius 1 is 1.53 bits per heavy atom. The lowest BCUT2D eigenvalue weighted by atomic mass is 10.1. The first kappa shape index (κ1) is 11.1. The van der Waals surface area contributed by atoms with Crippen LogP contribution in [0.15, 0.2) is 24.5 Å². The minimum atomic E-state index is -0.579. The van der Waals surface area contributed by atoms with E-state index in [2.05, 4.69) is 4.98 Å². The molecule has 2 rings (SSSR count). The molecule has 0 aliphatic heterocycles. The van der Waals surface area contributed by atoms with Crippen molar-refractivity contribution in [2.24, 2.45) is 0 Å². The number of ether oxygens (including phenoxy) is 1. The highest BCUT2D eigenvalue weighted by molar-refractivity contribution is 5.94. The Labute approximate surface area is 95.7 Å². The Kier molecular flexibility index (Phi) is 2.78. The minimum absolute atomic E-state index is 0.0757. The summed E-state index contributed by atoms with van der Waals surface area (Å²) < 4.78 is 18.4. The number of nitro groups is 1. The van der Waals surface area contributed by atoms with Crippen molar-refractivity contribution in [1.82, 2.24) is 4.98 Å². The van der Waals surface area contributed by atoms with Gasteiger partial charge in [0, 0.05) is 23.4 Å². The van der Waals surface area contributed by atoms with E-state index in [-0.39, 0.29) is 5.75 Å². The van der Waals surface area contributed by atoms with Gasteiger partial charge >= 0.3 is 0 Å². The van der Waals surface area contributed by atoms with E-state index in [1.165, 1.54) is 19.3 Å². The van der Waals surface area contributed by atoms with Crippen LogP contribution in [0.5, 0.6) is 5.75 Å². The number of hydrogen-bond donors (Lipinski definition) is 1. The molecule has 0 spiro atoms. The molecule has 5 nitrogen and oxygen atoms in total. The smallest absolute Gasteiger partial charge is 0.235 e. The number of aromatic nitrogens is 1. The molecule has 1 aromatic heterocycles. The van der Waals surface area contributed by atoms with Gasteiger partial charge < -0.3 is 9.72 Å². The van der Waals surface area contributed by atoms with Crippen LogP contribution in [0.25, 0.3) is 17.0 Å². The van der Waals surface area contributed by atoms with Crippen LogP contribution in [-0.2, 0) is 0 Å². The number of halogens is 1. The second-order valence-electron chi connectivity index (χ2n) is 3.35. The Morgan fingerprint density at radius 2 is 2.29 bits per heavy atom. The van der Waals surface area contributed by atoms with E-state index in [9.17, 15) is 14.5 Å². The molecule has 0 saturated carbocycles. The third kappa shape index (κ3) is 1.96. The molecular formula is C11H9FN2O3. The lowest BCUT2D eigenvalue weighted by Crippen LogP contribution is -1.89. The molecule has 0 saturated heterocycles. The average molecular weight is 236 g/mol. The van der Waals surface area contributed by atoms with Gasteiger partial charge in [-0.25, -0.2) is 4.39 Å². The van der Waals surface area contributed by atoms with Gasteiger partial charge in [0.25, 0.3) is 0 Å². The molecule has 2 aromatic rings. The first-order valence-corrected chi connectivity index (χ1v) is 4.78. The van der Waals surface area contributed by atoms with E-state index >= 15 is 0 Å². The number of nitrogens with zero attached hydrogens (tertiary/aromatic N) is 1. The zero-order valence-corrected chi connectivity index (χ0v) is 8.94. The van der Waals surface area contributed by atoms with Gasteiger partial charge in [-0.15, -0.1) is 0 Å². The summed E-state index contributed by atoms with van der Waals surface area (Å²) in [6, 6.07) is 2.83. The van der Waals surface area contributed by atoms with Gasteiger partial charge in [0.1, 0.15) is 0 Å². The first-order valence-electron chi connectivity index (χ1n) is 4.78. The lowest BCUT2D eigenvalue weighted by molar-refractivity contribution is -0.400. The van der Waals surface area contributed by atoms with Gasteiger partial charge in [-0.3, -0.25) is 10.1 Å². The third-order valence-electron chi connectivity index (χ3n) is 2.36. The van der Waals surface area contributed by atoms with E-state index in [0.717, 1.165) is 6.20 Å². The van der Waals surface area contributed by atoms with Crippen LogP contribution < -0.4 is 4.74 Å². The summed E-state index contributed by atoms with van der Waals surface area (Å²) in [6.45, 7) is 0. The number of fused-ring (bicyclic) bond motifs is 1. The van der Waals surface area contributed by atoms with Gasteiger partial charge in [0.05, 0.1) is 17.4 Å². The molecule has 0 radical (unpaired) electrons. The topological polar surface area (TPSA) is 68.2 Å². The summed E-state index contributed by atoms with van der Waals surface area (Å²) in [7, 11) is 1.35. The number of benzene rings is 1. The molecule has 1 N–H and O–H groups in total. The zero-order chi connectivity index (χ0) is 12.4. The van der Waals surface area contributed by atoms with Crippen LogP contribution >= 0.6 is 0 Å². The number of nitrogens with one attached hydrogen (secondary N) is 1. The number of H-pyrrole nitrogens is 1. The standard InChI is InChI=1S/C11H9FN2O3/c1-17-11-8(12)2-3-9-10(11)7(6-13-9)4-5-14(15)16/h2-6,13H,1H3/b5-4+. The summed E-state index contributed by atoms with van der Waals surface area (Å²) in [4.78, 5) is 12.6. The maximum Gasteiger partial charge on any atom is 0.235 e. The number of rotatable bonds is 3. The molecule has 0 fully saturated rings. The van der Waals surface area contributed by atoms with E-state index in [1.807, 2.05) is 0 Å². The summed E-state index contributed by atoms with van der Waals surface area (Å²) in [5, 5.41) is 10.7. The molecule has 0 aliphatic carbocycles. The summed E-state index contributed by atoms with van der Waals surface area (Å²) >= 11 is 0. The van der Waals surface area contributed by atoms with E-state index in [0.29, 0.717) is 16.5 Å². The van der Waals surface area contributed by atoms with Crippen molar-refractivity contribution in [2.45, 2.75) is 0 Å². The molecule has 0 atom stereocenters. The Bertz CT molecular complexity index is 604. The van der Waals surface area contributed by atoms with Crippen LogP contribution in [0.3, 0.4) is 0 Å². The van der Waals surface area contributed by atoms with Crippen molar-refractivity contribution in [2.75, 3.05) is 7.11 Å². The molecule has 0 aliphatic rings. The lowest BCUT2D eigenvalue weighted by Gasteiger charge is -2.03. The quantitative estimate of drug-likeness (QED) is 0.657. The second kappa shape index (κ2) is 4.25. The van der Waals surface area contributed by atoms with Gasteiger partial charge in [0.2, 0.25) is 6.20 Å². The molecular weight excluding hydrogens is 227 g/mol. The van der Waals surface area contributed by atoms with Crippen molar-refractivity contribution >= 4 is 17.0 Å². The van der Waals surface area contributed by atoms with Crippen LogP contribution in [0, 0.1) is 15.9 Å². The molecule has 1 heterocycles. The minimum Gasteiger partial charge on any atom is -0.493 e.